The van der Waals surface area contributed by atoms with E-state index < -0.39 is 6.09 Å². The van der Waals surface area contributed by atoms with Gasteiger partial charge in [0.2, 0.25) is 0 Å². The summed E-state index contributed by atoms with van der Waals surface area (Å²) in [5, 5.41) is 18.6. The van der Waals surface area contributed by atoms with E-state index in [4.69, 9.17) is 10.5 Å². The SMILES string of the molecule is CCCCCCCCCCCCCCCC[N+](C)(C)C(=N)NC(=O)O. The second-order valence-corrected chi connectivity index (χ2v) is 7.78. The molecule has 0 aromatic rings. The fourth-order valence-corrected chi connectivity index (χ4v) is 3.07. The summed E-state index contributed by atoms with van der Waals surface area (Å²) < 4.78 is 0.296. The van der Waals surface area contributed by atoms with Gasteiger partial charge < -0.3 is 5.11 Å². The van der Waals surface area contributed by atoms with Crippen molar-refractivity contribution in [1.82, 2.24) is 5.32 Å². The van der Waals surface area contributed by atoms with Crippen LogP contribution in [0.15, 0.2) is 0 Å². The Morgan fingerprint density at radius 2 is 1.16 bits per heavy atom. The predicted molar refractivity (Wildman–Crippen MR) is 106 cm³/mol. The minimum absolute atomic E-state index is 0.0437. The van der Waals surface area contributed by atoms with E-state index in [1.165, 1.54) is 83.5 Å². The molecule has 0 aliphatic carbocycles. The zero-order valence-corrected chi connectivity index (χ0v) is 16.9. The van der Waals surface area contributed by atoms with Crippen molar-refractivity contribution < 1.29 is 14.4 Å². The smallest absolute Gasteiger partial charge is 0.414 e. The number of nitrogens with one attached hydrogen (secondary N) is 2. The molecule has 5 heteroatoms. The van der Waals surface area contributed by atoms with Gasteiger partial charge in [0, 0.05) is 0 Å². The maximum Gasteiger partial charge on any atom is 0.414 e. The standard InChI is InChI=1S/C20H41N3O2/c1-4-5-6-7-8-9-10-11-12-13-14-15-16-17-18-23(2,3)19(21)22-20(24)25/h4-18H2,1-3H3,(H2-,21,22,24,25)/p+1. The first-order chi connectivity index (χ1) is 11.9. The number of rotatable bonds is 15. The summed E-state index contributed by atoms with van der Waals surface area (Å²) >= 11 is 0. The van der Waals surface area contributed by atoms with Crippen LogP contribution in [0.4, 0.5) is 4.79 Å². The summed E-state index contributed by atoms with van der Waals surface area (Å²) in [5.41, 5.74) is 0. The predicted octanol–water partition coefficient (Wildman–Crippen LogP) is 5.75. The molecule has 3 N–H and O–H groups in total. The molecule has 0 saturated heterocycles. The van der Waals surface area contributed by atoms with E-state index in [-0.39, 0.29) is 5.96 Å². The van der Waals surface area contributed by atoms with Gasteiger partial charge in [-0.15, -0.1) is 0 Å². The molecule has 148 valence electrons. The second kappa shape index (κ2) is 15.2. The number of amides is 1. The van der Waals surface area contributed by atoms with Gasteiger partial charge in [-0.1, -0.05) is 84.0 Å². The third-order valence-electron chi connectivity index (χ3n) is 4.90. The van der Waals surface area contributed by atoms with E-state index >= 15 is 0 Å². The van der Waals surface area contributed by atoms with Gasteiger partial charge in [-0.25, -0.2) is 15.5 Å². The molecule has 0 saturated carbocycles. The van der Waals surface area contributed by atoms with Crippen molar-refractivity contribution in [3.8, 4) is 0 Å². The Hall–Kier alpha value is -1.10. The van der Waals surface area contributed by atoms with Crippen LogP contribution in [-0.2, 0) is 0 Å². The molecule has 0 aromatic heterocycles. The molecule has 1 amide bonds. The average Bonchev–Trinajstić information content (AvgIpc) is 2.54. The van der Waals surface area contributed by atoms with Crippen molar-refractivity contribution in [3.63, 3.8) is 0 Å². The van der Waals surface area contributed by atoms with E-state index in [0.29, 0.717) is 4.48 Å². The molecule has 0 fully saturated rings. The lowest BCUT2D eigenvalue weighted by Crippen LogP contribution is -2.53. The third kappa shape index (κ3) is 14.9. The highest BCUT2D eigenvalue weighted by atomic mass is 16.4. The fraction of sp³-hybridized carbons (Fsp3) is 0.900. The molecular weight excluding hydrogens is 314 g/mol. The summed E-state index contributed by atoms with van der Waals surface area (Å²) in [7, 11) is 3.75. The largest absolute Gasteiger partial charge is 0.465 e. The van der Waals surface area contributed by atoms with Crippen LogP contribution >= 0.6 is 0 Å². The summed E-state index contributed by atoms with van der Waals surface area (Å²) in [6, 6.07) is 0. The van der Waals surface area contributed by atoms with Gasteiger partial charge in [-0.2, -0.15) is 0 Å². The summed E-state index contributed by atoms with van der Waals surface area (Å²) in [5.74, 6) is 0.0437. The highest BCUT2D eigenvalue weighted by Crippen LogP contribution is 2.13. The Balaban J connectivity index is 3.38. The van der Waals surface area contributed by atoms with Crippen molar-refractivity contribution in [2.24, 2.45) is 0 Å². The van der Waals surface area contributed by atoms with Crippen molar-refractivity contribution in [1.29, 1.82) is 5.41 Å². The van der Waals surface area contributed by atoms with Gasteiger partial charge in [0.25, 0.3) is 0 Å². The minimum atomic E-state index is -1.16. The maximum atomic E-state index is 10.6. The van der Waals surface area contributed by atoms with Crippen LogP contribution in [0.25, 0.3) is 0 Å². The van der Waals surface area contributed by atoms with E-state index in [0.717, 1.165) is 13.0 Å². The zero-order valence-electron chi connectivity index (χ0n) is 16.9. The van der Waals surface area contributed by atoms with Crippen LogP contribution in [0.2, 0.25) is 0 Å². The van der Waals surface area contributed by atoms with Crippen LogP contribution in [0.3, 0.4) is 0 Å². The molecule has 0 unspecified atom stereocenters. The molecule has 0 rings (SSSR count). The lowest BCUT2D eigenvalue weighted by molar-refractivity contribution is -0.802. The second-order valence-electron chi connectivity index (χ2n) is 7.78. The Kier molecular flexibility index (Phi) is 14.5. The number of hydrogen-bond donors (Lipinski definition) is 3. The van der Waals surface area contributed by atoms with Gasteiger partial charge in [-0.3, -0.25) is 4.48 Å². The van der Waals surface area contributed by atoms with Gasteiger partial charge >= 0.3 is 12.1 Å². The van der Waals surface area contributed by atoms with E-state index in [1.54, 1.807) is 0 Å². The maximum absolute atomic E-state index is 10.6. The van der Waals surface area contributed by atoms with Crippen LogP contribution in [0, 0.1) is 5.41 Å². The molecule has 0 aliphatic rings. The van der Waals surface area contributed by atoms with Gasteiger partial charge in [0.15, 0.2) is 0 Å². The molecule has 0 aliphatic heterocycles. The highest BCUT2D eigenvalue weighted by Gasteiger charge is 2.23. The number of unbranched alkanes of at least 4 members (excludes halogenated alkanes) is 13. The molecule has 0 atom stereocenters. The van der Waals surface area contributed by atoms with Gasteiger partial charge in [0.05, 0.1) is 20.6 Å². The first-order valence-electron chi connectivity index (χ1n) is 10.3. The molecule has 25 heavy (non-hydrogen) atoms. The summed E-state index contributed by atoms with van der Waals surface area (Å²) in [6.07, 6.45) is 17.5. The monoisotopic (exact) mass is 356 g/mol. The molecule has 0 spiro atoms. The van der Waals surface area contributed by atoms with E-state index in [9.17, 15) is 4.79 Å². The molecule has 0 aromatic carbocycles. The number of quaternary nitrogens is 1. The number of carboxylic acid groups (broad SMARTS) is 1. The number of hydrogen-bond acceptors (Lipinski definition) is 2. The Morgan fingerprint density at radius 3 is 1.52 bits per heavy atom. The molecule has 5 nitrogen and oxygen atoms in total. The fourth-order valence-electron chi connectivity index (χ4n) is 3.07. The van der Waals surface area contributed by atoms with Crippen molar-refractivity contribution in [3.05, 3.63) is 0 Å². The van der Waals surface area contributed by atoms with Gasteiger partial charge in [-0.05, 0) is 12.8 Å². The molecule has 0 radical (unpaired) electrons. The normalized spacial score (nSPS) is 11.5. The van der Waals surface area contributed by atoms with E-state index in [1.807, 2.05) is 14.1 Å². The zero-order chi connectivity index (χ0) is 19.0. The van der Waals surface area contributed by atoms with Crippen LogP contribution in [0.1, 0.15) is 96.8 Å². The molecule has 0 heterocycles. The topological polar surface area (TPSA) is 73.2 Å². The van der Waals surface area contributed by atoms with Crippen molar-refractivity contribution >= 4 is 12.1 Å². The average molecular weight is 357 g/mol. The Labute approximate surface area is 155 Å². The Morgan fingerprint density at radius 1 is 0.800 bits per heavy atom. The summed E-state index contributed by atoms with van der Waals surface area (Å²) in [4.78, 5) is 10.6. The minimum Gasteiger partial charge on any atom is -0.465 e. The number of carbonyl (C=O) groups is 1. The summed E-state index contributed by atoms with van der Waals surface area (Å²) in [6.45, 7) is 3.07. The van der Waals surface area contributed by atoms with Crippen LogP contribution in [0.5, 0.6) is 0 Å². The Bertz CT molecular complexity index is 357. The van der Waals surface area contributed by atoms with Crippen LogP contribution in [-0.4, -0.2) is 42.3 Å². The highest BCUT2D eigenvalue weighted by molar-refractivity contribution is 5.87. The first kappa shape index (κ1) is 23.9. The quantitative estimate of drug-likeness (QED) is 0.151. The number of nitrogens with zero attached hydrogens (tertiary/aromatic N) is 1. The van der Waals surface area contributed by atoms with Gasteiger partial charge in [0.1, 0.15) is 0 Å². The lowest BCUT2D eigenvalue weighted by Gasteiger charge is -2.28. The number of guanidine groups is 1. The molecular formula is C20H42N3O2+. The molecule has 0 bridgehead atoms. The lowest BCUT2D eigenvalue weighted by atomic mass is 10.0. The van der Waals surface area contributed by atoms with Crippen LogP contribution < -0.4 is 5.32 Å². The third-order valence-corrected chi connectivity index (χ3v) is 4.90. The van der Waals surface area contributed by atoms with Crippen molar-refractivity contribution in [2.45, 2.75) is 96.8 Å². The first-order valence-corrected chi connectivity index (χ1v) is 10.3. The van der Waals surface area contributed by atoms with Crippen molar-refractivity contribution in [2.75, 3.05) is 20.6 Å². The van der Waals surface area contributed by atoms with E-state index in [2.05, 4.69) is 12.2 Å².